The Kier molecular flexibility index (Phi) is 12.5. The third-order valence-electron chi connectivity index (χ3n) is 3.17. The Balaban J connectivity index is 0.000000401. The van der Waals surface area contributed by atoms with Gasteiger partial charge in [-0.05, 0) is 46.3 Å². The predicted molar refractivity (Wildman–Crippen MR) is 106 cm³/mol. The van der Waals surface area contributed by atoms with E-state index < -0.39 is 0 Å². The minimum absolute atomic E-state index is 1.08. The van der Waals surface area contributed by atoms with E-state index in [4.69, 9.17) is 0 Å². The van der Waals surface area contributed by atoms with Gasteiger partial charge in [0.1, 0.15) is 0 Å². The van der Waals surface area contributed by atoms with Crippen LogP contribution in [0.25, 0.3) is 0 Å². The second kappa shape index (κ2) is 12.9. The van der Waals surface area contributed by atoms with Crippen molar-refractivity contribution in [3.8, 4) is 0 Å². The number of allylic oxidation sites excluding steroid dienone is 2. The SMILES string of the molecule is CC=N/C(C)=C(/CCC)SC.CCCc1sc(CC)nc1C. The third kappa shape index (κ3) is 8.14. The Bertz CT molecular complexity index is 473. The fourth-order valence-electron chi connectivity index (χ4n) is 2.02. The Morgan fingerprint density at radius 3 is 2.36 bits per heavy atom. The van der Waals surface area contributed by atoms with Crippen LogP contribution in [0.4, 0.5) is 0 Å². The van der Waals surface area contributed by atoms with Crippen molar-refractivity contribution in [1.29, 1.82) is 0 Å². The summed E-state index contributed by atoms with van der Waals surface area (Å²) in [5.41, 5.74) is 2.41. The minimum Gasteiger partial charge on any atom is -0.265 e. The van der Waals surface area contributed by atoms with E-state index in [1.807, 2.05) is 36.2 Å². The number of hydrogen-bond acceptors (Lipinski definition) is 4. The van der Waals surface area contributed by atoms with Gasteiger partial charge in [-0.2, -0.15) is 0 Å². The lowest BCUT2D eigenvalue weighted by atomic mass is 10.2. The Labute approximate surface area is 145 Å². The van der Waals surface area contributed by atoms with E-state index in [2.05, 4.69) is 50.9 Å². The number of aryl methyl sites for hydroxylation is 3. The van der Waals surface area contributed by atoms with Crippen LogP contribution in [0.5, 0.6) is 0 Å². The van der Waals surface area contributed by atoms with Crippen LogP contribution in [0.15, 0.2) is 15.6 Å². The molecule has 0 N–H and O–H groups in total. The maximum atomic E-state index is 4.47. The molecule has 2 nitrogen and oxygen atoms in total. The number of thiazole rings is 1. The van der Waals surface area contributed by atoms with E-state index in [1.165, 1.54) is 45.4 Å². The molecule has 0 aliphatic rings. The van der Waals surface area contributed by atoms with Gasteiger partial charge in [0.15, 0.2) is 0 Å². The monoisotopic (exact) mass is 340 g/mol. The molecule has 1 aromatic rings. The molecule has 0 amide bonds. The average Bonchev–Trinajstić information content (AvgIpc) is 2.86. The summed E-state index contributed by atoms with van der Waals surface area (Å²) in [4.78, 5) is 11.6. The van der Waals surface area contributed by atoms with E-state index in [0.29, 0.717) is 0 Å². The van der Waals surface area contributed by atoms with Crippen molar-refractivity contribution in [1.82, 2.24) is 4.98 Å². The van der Waals surface area contributed by atoms with Crippen molar-refractivity contribution >= 4 is 29.3 Å². The molecule has 1 aromatic heterocycles. The van der Waals surface area contributed by atoms with Crippen molar-refractivity contribution in [2.24, 2.45) is 4.99 Å². The van der Waals surface area contributed by atoms with E-state index in [9.17, 15) is 0 Å². The smallest absolute Gasteiger partial charge is 0.0928 e. The molecule has 22 heavy (non-hydrogen) atoms. The van der Waals surface area contributed by atoms with Crippen molar-refractivity contribution in [2.75, 3.05) is 6.26 Å². The highest BCUT2D eigenvalue weighted by molar-refractivity contribution is 8.02. The number of aromatic nitrogens is 1. The van der Waals surface area contributed by atoms with Crippen LogP contribution in [0.3, 0.4) is 0 Å². The summed E-state index contributed by atoms with van der Waals surface area (Å²) in [5, 5.41) is 1.28. The zero-order chi connectivity index (χ0) is 17.0. The summed E-state index contributed by atoms with van der Waals surface area (Å²) < 4.78 is 0. The second-order valence-electron chi connectivity index (χ2n) is 5.07. The van der Waals surface area contributed by atoms with E-state index in [1.54, 1.807) is 0 Å². The molecule has 0 saturated carbocycles. The molecular formula is C18H32N2S2. The fourth-order valence-corrected chi connectivity index (χ4v) is 3.89. The second-order valence-corrected chi connectivity index (χ2v) is 7.14. The van der Waals surface area contributed by atoms with E-state index in [0.717, 1.165) is 12.8 Å². The molecule has 1 rings (SSSR count). The van der Waals surface area contributed by atoms with Gasteiger partial charge in [0.05, 0.1) is 10.7 Å². The van der Waals surface area contributed by atoms with Crippen molar-refractivity contribution in [3.63, 3.8) is 0 Å². The molecule has 0 unspecified atom stereocenters. The molecule has 0 aromatic carbocycles. The van der Waals surface area contributed by atoms with Gasteiger partial charge >= 0.3 is 0 Å². The molecule has 0 saturated heterocycles. The van der Waals surface area contributed by atoms with E-state index in [-0.39, 0.29) is 0 Å². The van der Waals surface area contributed by atoms with Gasteiger partial charge in [-0.1, -0.05) is 33.6 Å². The van der Waals surface area contributed by atoms with Gasteiger partial charge < -0.3 is 0 Å². The van der Waals surface area contributed by atoms with Gasteiger partial charge in [-0.15, -0.1) is 23.1 Å². The van der Waals surface area contributed by atoms with Crippen LogP contribution >= 0.6 is 23.1 Å². The average molecular weight is 341 g/mol. The zero-order valence-electron chi connectivity index (χ0n) is 15.3. The molecule has 0 spiro atoms. The van der Waals surface area contributed by atoms with Crippen LogP contribution in [-0.2, 0) is 12.8 Å². The normalized spacial score (nSPS) is 12.1. The number of aliphatic imine (C=N–C) groups is 1. The van der Waals surface area contributed by atoms with Crippen molar-refractivity contribution < 1.29 is 0 Å². The minimum atomic E-state index is 1.08. The quantitative estimate of drug-likeness (QED) is 0.534. The standard InChI is InChI=1S/C9H15NS.C9H17NS/c1-4-6-8-7(3)10-9(5-2)11-8;1-5-7-9(11-4)8(3)10-6-2/h4-6H2,1-3H3;6H,5,7H2,1-4H3/b;9-8-,10-6?. The largest absolute Gasteiger partial charge is 0.265 e. The zero-order valence-corrected chi connectivity index (χ0v) is 17.0. The summed E-state index contributed by atoms with van der Waals surface area (Å²) in [6.07, 6.45) is 9.82. The molecule has 0 fully saturated rings. The first kappa shape index (κ1) is 21.4. The lowest BCUT2D eigenvalue weighted by molar-refractivity contribution is 0.923. The highest BCUT2D eigenvalue weighted by atomic mass is 32.2. The third-order valence-corrected chi connectivity index (χ3v) is 5.52. The lowest BCUT2D eigenvalue weighted by Gasteiger charge is -2.03. The van der Waals surface area contributed by atoms with Crippen LogP contribution in [0.1, 0.15) is 69.5 Å². The first-order valence-corrected chi connectivity index (χ1v) is 10.3. The van der Waals surface area contributed by atoms with Crippen LogP contribution in [0, 0.1) is 6.92 Å². The summed E-state index contributed by atoms with van der Waals surface area (Å²) >= 11 is 3.68. The van der Waals surface area contributed by atoms with Crippen molar-refractivity contribution in [2.45, 2.75) is 73.6 Å². The maximum absolute atomic E-state index is 4.47. The Hall–Kier alpha value is -0.610. The topological polar surface area (TPSA) is 25.2 Å². The number of thioether (sulfide) groups is 1. The van der Waals surface area contributed by atoms with Crippen LogP contribution in [0.2, 0.25) is 0 Å². The summed E-state index contributed by atoms with van der Waals surface area (Å²) in [6.45, 7) is 12.7. The van der Waals surface area contributed by atoms with Gasteiger partial charge in [-0.3, -0.25) is 4.99 Å². The number of hydrogen-bond donors (Lipinski definition) is 0. The van der Waals surface area contributed by atoms with Crippen LogP contribution < -0.4 is 0 Å². The summed E-state index contributed by atoms with van der Waals surface area (Å²) in [6, 6.07) is 0. The molecule has 126 valence electrons. The highest BCUT2D eigenvalue weighted by Gasteiger charge is 2.03. The van der Waals surface area contributed by atoms with Gasteiger partial charge in [0.25, 0.3) is 0 Å². The molecule has 0 aliphatic carbocycles. The van der Waals surface area contributed by atoms with E-state index >= 15 is 0 Å². The molecule has 0 radical (unpaired) electrons. The molecule has 4 heteroatoms. The maximum Gasteiger partial charge on any atom is 0.0928 e. The first-order valence-electron chi connectivity index (χ1n) is 8.21. The predicted octanol–water partition coefficient (Wildman–Crippen LogP) is 6.44. The molecule has 1 heterocycles. The molecule has 0 atom stereocenters. The Morgan fingerprint density at radius 2 is 1.95 bits per heavy atom. The molecule has 0 bridgehead atoms. The van der Waals surface area contributed by atoms with Crippen LogP contribution in [-0.4, -0.2) is 17.5 Å². The van der Waals surface area contributed by atoms with Gasteiger partial charge in [0, 0.05) is 21.7 Å². The molecular weight excluding hydrogens is 308 g/mol. The summed E-state index contributed by atoms with van der Waals surface area (Å²) in [5.74, 6) is 0. The Morgan fingerprint density at radius 1 is 1.27 bits per heavy atom. The lowest BCUT2D eigenvalue weighted by Crippen LogP contribution is -1.81. The fraction of sp³-hybridized carbons (Fsp3) is 0.667. The van der Waals surface area contributed by atoms with Crippen molar-refractivity contribution in [3.05, 3.63) is 26.2 Å². The molecule has 0 aliphatic heterocycles. The van der Waals surface area contributed by atoms with Gasteiger partial charge in [0.2, 0.25) is 0 Å². The highest BCUT2D eigenvalue weighted by Crippen LogP contribution is 2.22. The van der Waals surface area contributed by atoms with Gasteiger partial charge in [-0.25, -0.2) is 4.98 Å². The summed E-state index contributed by atoms with van der Waals surface area (Å²) in [7, 11) is 0. The number of nitrogens with zero attached hydrogens (tertiary/aromatic N) is 2. The first-order chi connectivity index (χ1) is 10.5. The number of rotatable bonds is 7.